The number of rotatable bonds is 4. The number of carboxylic acids is 1. The number of thiophene rings is 1. The Labute approximate surface area is 179 Å². The van der Waals surface area contributed by atoms with Crippen molar-refractivity contribution in [2.24, 2.45) is 0 Å². The van der Waals surface area contributed by atoms with E-state index in [4.69, 9.17) is 4.74 Å². The van der Waals surface area contributed by atoms with Gasteiger partial charge in [-0.05, 0) is 46.4 Å². The number of anilines is 1. The van der Waals surface area contributed by atoms with Crippen molar-refractivity contribution in [3.8, 4) is 16.9 Å². The van der Waals surface area contributed by atoms with E-state index in [0.29, 0.717) is 22.5 Å². The van der Waals surface area contributed by atoms with Gasteiger partial charge in [-0.2, -0.15) is 0 Å². The number of amides is 1. The molecule has 0 unspecified atom stereocenters. The van der Waals surface area contributed by atoms with E-state index < -0.39 is 5.97 Å². The molecule has 154 valence electrons. The lowest BCUT2D eigenvalue weighted by Crippen LogP contribution is -2.15. The molecular formula is C24H23NO4S. The van der Waals surface area contributed by atoms with Gasteiger partial charge >= 0.3 is 5.97 Å². The summed E-state index contributed by atoms with van der Waals surface area (Å²) < 4.78 is 5.28. The van der Waals surface area contributed by atoms with Crippen molar-refractivity contribution in [3.63, 3.8) is 0 Å². The molecule has 1 aromatic heterocycles. The quantitative estimate of drug-likeness (QED) is 0.451. The molecule has 1 amide bonds. The number of fused-ring (bicyclic) bond motifs is 3. The number of ether oxygens (including phenoxy) is 1. The van der Waals surface area contributed by atoms with Gasteiger partial charge in [0, 0.05) is 22.4 Å². The fraction of sp³-hybridized carbons (Fsp3) is 0.250. The Morgan fingerprint density at radius 1 is 1.10 bits per heavy atom. The van der Waals surface area contributed by atoms with Crippen molar-refractivity contribution in [2.45, 2.75) is 32.6 Å². The average Bonchev–Trinajstić information content (AvgIpc) is 3.21. The molecule has 1 heterocycles. The third-order valence-corrected chi connectivity index (χ3v) is 6.47. The van der Waals surface area contributed by atoms with Crippen molar-refractivity contribution >= 4 is 28.2 Å². The molecule has 2 N–H and O–H groups in total. The number of methoxy groups -OCH3 is 1. The van der Waals surface area contributed by atoms with Crippen LogP contribution in [0.5, 0.6) is 5.75 Å². The fourth-order valence-electron chi connectivity index (χ4n) is 3.74. The largest absolute Gasteiger partial charge is 0.497 e. The Morgan fingerprint density at radius 3 is 2.40 bits per heavy atom. The van der Waals surface area contributed by atoms with Crippen LogP contribution >= 0.6 is 11.3 Å². The molecule has 1 aliphatic carbocycles. The number of carbonyl (C=O) groups excluding carboxylic acids is 1. The highest BCUT2D eigenvalue weighted by atomic mass is 32.1. The fourth-order valence-corrected chi connectivity index (χ4v) is 4.96. The highest BCUT2D eigenvalue weighted by molar-refractivity contribution is 7.17. The van der Waals surface area contributed by atoms with Crippen LogP contribution < -0.4 is 10.1 Å². The summed E-state index contributed by atoms with van der Waals surface area (Å²) >= 11 is 1.32. The molecular weight excluding hydrogens is 398 g/mol. The van der Waals surface area contributed by atoms with Crippen molar-refractivity contribution in [3.05, 3.63) is 69.6 Å². The second kappa shape index (κ2) is 7.29. The Kier molecular flexibility index (Phi) is 4.90. The van der Waals surface area contributed by atoms with Gasteiger partial charge in [-0.25, -0.2) is 4.79 Å². The minimum atomic E-state index is -1.05. The van der Waals surface area contributed by atoms with E-state index in [-0.39, 0.29) is 16.9 Å². The summed E-state index contributed by atoms with van der Waals surface area (Å²) in [5.41, 5.74) is 4.40. The molecule has 3 aromatic rings. The number of hydrogen-bond acceptors (Lipinski definition) is 4. The second-order valence-corrected chi connectivity index (χ2v) is 9.50. The SMILES string of the molecule is COc1ccc2c(c1)Cc1sc(NC(=O)c3ccc(C(C)(C)C)cc3)c(C(=O)O)c1-2. The first kappa shape index (κ1) is 20.2. The molecule has 0 bridgehead atoms. The van der Waals surface area contributed by atoms with Crippen molar-refractivity contribution < 1.29 is 19.4 Å². The zero-order valence-corrected chi connectivity index (χ0v) is 18.1. The third kappa shape index (κ3) is 3.48. The molecule has 0 aliphatic heterocycles. The number of benzene rings is 2. The van der Waals surface area contributed by atoms with Gasteiger partial charge in [0.25, 0.3) is 5.91 Å². The van der Waals surface area contributed by atoms with Gasteiger partial charge in [0.1, 0.15) is 16.3 Å². The average molecular weight is 422 g/mol. The molecule has 0 atom stereocenters. The van der Waals surface area contributed by atoms with Crippen LogP contribution in [0.3, 0.4) is 0 Å². The highest BCUT2D eigenvalue weighted by Gasteiger charge is 2.31. The number of carbonyl (C=O) groups is 2. The lowest BCUT2D eigenvalue weighted by Gasteiger charge is -2.19. The van der Waals surface area contributed by atoms with Gasteiger partial charge in [-0.15, -0.1) is 11.3 Å². The molecule has 2 aromatic carbocycles. The number of nitrogens with one attached hydrogen (secondary N) is 1. The van der Waals surface area contributed by atoms with Crippen molar-refractivity contribution in [1.29, 1.82) is 0 Å². The topological polar surface area (TPSA) is 75.6 Å². The Hall–Kier alpha value is -3.12. The minimum absolute atomic E-state index is 0.00386. The first-order valence-corrected chi connectivity index (χ1v) is 10.5. The molecule has 4 rings (SSSR count). The van der Waals surface area contributed by atoms with Gasteiger partial charge < -0.3 is 15.2 Å². The van der Waals surface area contributed by atoms with Gasteiger partial charge in [0.15, 0.2) is 0 Å². The molecule has 0 spiro atoms. The van der Waals surface area contributed by atoms with Crippen LogP contribution in [-0.2, 0) is 11.8 Å². The van der Waals surface area contributed by atoms with Crippen LogP contribution in [-0.4, -0.2) is 24.1 Å². The van der Waals surface area contributed by atoms with Crippen LogP contribution in [0.15, 0.2) is 42.5 Å². The first-order chi connectivity index (χ1) is 14.2. The number of aromatic carboxylic acids is 1. The van der Waals surface area contributed by atoms with Gasteiger partial charge in [-0.3, -0.25) is 4.79 Å². The maximum absolute atomic E-state index is 12.8. The number of carboxylic acid groups (broad SMARTS) is 1. The van der Waals surface area contributed by atoms with Crippen molar-refractivity contribution in [1.82, 2.24) is 0 Å². The molecule has 30 heavy (non-hydrogen) atoms. The summed E-state index contributed by atoms with van der Waals surface area (Å²) in [6, 6.07) is 13.1. The minimum Gasteiger partial charge on any atom is -0.497 e. The van der Waals surface area contributed by atoms with Gasteiger partial charge in [0.2, 0.25) is 0 Å². The summed E-state index contributed by atoms with van der Waals surface area (Å²) in [6.45, 7) is 6.34. The van der Waals surface area contributed by atoms with E-state index in [1.807, 2.05) is 30.3 Å². The standard InChI is InChI=1S/C24H23NO4S/c1-24(2,3)15-7-5-13(6-8-15)21(26)25-22-20(23(27)28)19-17-10-9-16(29-4)11-14(17)12-18(19)30-22/h5-11H,12H2,1-4H3,(H,25,26)(H,27,28). The Bertz CT molecular complexity index is 1150. The van der Waals surface area contributed by atoms with Crippen LogP contribution in [0, 0.1) is 0 Å². The summed E-state index contributed by atoms with van der Waals surface area (Å²) in [7, 11) is 1.61. The summed E-state index contributed by atoms with van der Waals surface area (Å²) in [6.07, 6.45) is 0.628. The Balaban J connectivity index is 1.66. The summed E-state index contributed by atoms with van der Waals surface area (Å²) in [4.78, 5) is 25.8. The molecule has 1 aliphatic rings. The second-order valence-electron chi connectivity index (χ2n) is 8.39. The van der Waals surface area contributed by atoms with Gasteiger partial charge in [0.05, 0.1) is 7.11 Å². The maximum atomic E-state index is 12.8. The molecule has 0 radical (unpaired) electrons. The zero-order chi connectivity index (χ0) is 21.6. The predicted molar refractivity (Wildman–Crippen MR) is 119 cm³/mol. The Morgan fingerprint density at radius 2 is 1.80 bits per heavy atom. The number of hydrogen-bond donors (Lipinski definition) is 2. The zero-order valence-electron chi connectivity index (χ0n) is 17.3. The molecule has 6 heteroatoms. The predicted octanol–water partition coefficient (Wildman–Crippen LogP) is 5.58. The lowest BCUT2D eigenvalue weighted by molar-refractivity contribution is 0.0699. The van der Waals surface area contributed by atoms with Crippen LogP contribution in [0.1, 0.15) is 57.5 Å². The molecule has 0 saturated heterocycles. The van der Waals surface area contributed by atoms with E-state index in [2.05, 4.69) is 26.1 Å². The van der Waals surface area contributed by atoms with E-state index >= 15 is 0 Å². The monoisotopic (exact) mass is 421 g/mol. The van der Waals surface area contributed by atoms with Crippen LogP contribution in [0.2, 0.25) is 0 Å². The van der Waals surface area contributed by atoms with E-state index in [1.165, 1.54) is 11.3 Å². The van der Waals surface area contributed by atoms with Crippen LogP contribution in [0.25, 0.3) is 11.1 Å². The van der Waals surface area contributed by atoms with E-state index in [9.17, 15) is 14.7 Å². The molecule has 0 fully saturated rings. The van der Waals surface area contributed by atoms with Crippen molar-refractivity contribution in [2.75, 3.05) is 12.4 Å². The van der Waals surface area contributed by atoms with Crippen LogP contribution in [0.4, 0.5) is 5.00 Å². The maximum Gasteiger partial charge on any atom is 0.339 e. The van der Waals surface area contributed by atoms with Gasteiger partial charge in [-0.1, -0.05) is 39.0 Å². The smallest absolute Gasteiger partial charge is 0.339 e. The lowest BCUT2D eigenvalue weighted by atomic mass is 9.87. The molecule has 0 saturated carbocycles. The third-order valence-electron chi connectivity index (χ3n) is 5.37. The van der Waals surface area contributed by atoms with E-state index in [0.717, 1.165) is 27.3 Å². The normalized spacial score (nSPS) is 12.3. The highest BCUT2D eigenvalue weighted by Crippen LogP contribution is 2.48. The summed E-state index contributed by atoms with van der Waals surface area (Å²) in [5, 5.41) is 13.1. The van der Waals surface area contributed by atoms with E-state index in [1.54, 1.807) is 19.2 Å². The first-order valence-electron chi connectivity index (χ1n) is 9.67. The molecule has 5 nitrogen and oxygen atoms in total. The summed E-state index contributed by atoms with van der Waals surface area (Å²) in [5.74, 6) is -0.615.